The molecule has 0 aliphatic heterocycles. The molecule has 0 heterocycles. The van der Waals surface area contributed by atoms with Gasteiger partial charge in [0, 0.05) is 12.6 Å². The van der Waals surface area contributed by atoms with Crippen molar-refractivity contribution in [1.82, 2.24) is 4.72 Å². The second-order valence-electron chi connectivity index (χ2n) is 5.94. The summed E-state index contributed by atoms with van der Waals surface area (Å²) in [7, 11) is -3.26. The van der Waals surface area contributed by atoms with Crippen LogP contribution >= 0.6 is 0 Å². The Labute approximate surface area is 128 Å². The molecule has 4 nitrogen and oxygen atoms in total. The molecule has 0 unspecified atom stereocenters. The lowest BCUT2D eigenvalue weighted by atomic mass is 9.97. The minimum absolute atomic E-state index is 0.0500. The molecular formula is C16H26N2O2S. The Kier molecular flexibility index (Phi) is 6.21. The number of rotatable bonds is 5. The normalized spacial score (nSPS) is 18.1. The first kappa shape index (κ1) is 16.5. The Balaban J connectivity index is 1.93. The quantitative estimate of drug-likeness (QED) is 0.878. The summed E-state index contributed by atoms with van der Waals surface area (Å²) < 4.78 is 27.5. The third-order valence-electron chi connectivity index (χ3n) is 4.07. The standard InChI is InChI=1S/C16H26N2O2S/c17-12-14-8-10-15(11-9-14)13-21(19,20)18-16-6-4-2-1-3-5-7-16/h8-11,16,18H,1-7,12-13,17H2. The van der Waals surface area contributed by atoms with Gasteiger partial charge in [0.2, 0.25) is 10.0 Å². The summed E-state index contributed by atoms with van der Waals surface area (Å²) >= 11 is 0. The maximum Gasteiger partial charge on any atom is 0.216 e. The van der Waals surface area contributed by atoms with E-state index in [9.17, 15) is 8.42 Å². The lowest BCUT2D eigenvalue weighted by molar-refractivity contribution is 0.426. The molecule has 0 bridgehead atoms. The van der Waals surface area contributed by atoms with Crippen molar-refractivity contribution in [2.75, 3.05) is 0 Å². The van der Waals surface area contributed by atoms with E-state index >= 15 is 0 Å². The van der Waals surface area contributed by atoms with Crippen LogP contribution < -0.4 is 10.5 Å². The van der Waals surface area contributed by atoms with E-state index in [1.807, 2.05) is 24.3 Å². The second-order valence-corrected chi connectivity index (χ2v) is 7.69. The Morgan fingerprint density at radius 3 is 2.05 bits per heavy atom. The average Bonchev–Trinajstić information content (AvgIpc) is 2.42. The van der Waals surface area contributed by atoms with E-state index in [4.69, 9.17) is 5.73 Å². The van der Waals surface area contributed by atoms with Crippen LogP contribution in [0.1, 0.15) is 56.1 Å². The maximum absolute atomic E-state index is 12.3. The Hall–Kier alpha value is -0.910. The summed E-state index contributed by atoms with van der Waals surface area (Å²) in [6.45, 7) is 0.480. The fraction of sp³-hybridized carbons (Fsp3) is 0.625. The van der Waals surface area contributed by atoms with Crippen LogP contribution in [0.4, 0.5) is 0 Å². The zero-order valence-electron chi connectivity index (χ0n) is 12.6. The Morgan fingerprint density at radius 1 is 0.952 bits per heavy atom. The lowest BCUT2D eigenvalue weighted by Gasteiger charge is -2.21. The van der Waals surface area contributed by atoms with Crippen LogP contribution in [0.15, 0.2) is 24.3 Å². The van der Waals surface area contributed by atoms with Gasteiger partial charge in [0.25, 0.3) is 0 Å². The lowest BCUT2D eigenvalue weighted by Crippen LogP contribution is -2.36. The molecule has 3 N–H and O–H groups in total. The van der Waals surface area contributed by atoms with Crippen LogP contribution in [-0.2, 0) is 22.3 Å². The monoisotopic (exact) mass is 310 g/mol. The molecule has 1 saturated carbocycles. The molecule has 1 aromatic carbocycles. The molecule has 0 spiro atoms. The van der Waals surface area contributed by atoms with E-state index < -0.39 is 10.0 Å². The third kappa shape index (κ3) is 5.77. The largest absolute Gasteiger partial charge is 0.326 e. The van der Waals surface area contributed by atoms with Crippen molar-refractivity contribution in [3.05, 3.63) is 35.4 Å². The SMILES string of the molecule is NCc1ccc(CS(=O)(=O)NC2CCCCCCC2)cc1. The first-order chi connectivity index (χ1) is 10.1. The van der Waals surface area contributed by atoms with Gasteiger partial charge in [-0.1, -0.05) is 56.4 Å². The number of hydrogen-bond acceptors (Lipinski definition) is 3. The number of hydrogen-bond donors (Lipinski definition) is 2. The van der Waals surface area contributed by atoms with Gasteiger partial charge in [-0.2, -0.15) is 0 Å². The van der Waals surface area contributed by atoms with E-state index in [2.05, 4.69) is 4.72 Å². The summed E-state index contributed by atoms with van der Waals surface area (Å²) in [6, 6.07) is 7.58. The number of benzene rings is 1. The molecule has 1 fully saturated rings. The van der Waals surface area contributed by atoms with Crippen molar-refractivity contribution in [2.24, 2.45) is 5.73 Å². The molecule has 1 aliphatic carbocycles. The molecule has 0 aromatic heterocycles. The van der Waals surface area contributed by atoms with Gasteiger partial charge >= 0.3 is 0 Å². The van der Waals surface area contributed by atoms with Crippen molar-refractivity contribution < 1.29 is 8.42 Å². The van der Waals surface area contributed by atoms with Crippen LogP contribution in [-0.4, -0.2) is 14.5 Å². The van der Waals surface area contributed by atoms with Crippen LogP contribution in [0.2, 0.25) is 0 Å². The third-order valence-corrected chi connectivity index (χ3v) is 5.47. The molecule has 118 valence electrons. The molecular weight excluding hydrogens is 284 g/mol. The molecule has 1 aliphatic rings. The zero-order valence-corrected chi connectivity index (χ0v) is 13.4. The fourth-order valence-electron chi connectivity index (χ4n) is 2.86. The van der Waals surface area contributed by atoms with Crippen LogP contribution in [0.5, 0.6) is 0 Å². The van der Waals surface area contributed by atoms with Crippen molar-refractivity contribution in [2.45, 2.75) is 63.3 Å². The van der Waals surface area contributed by atoms with Crippen molar-refractivity contribution >= 4 is 10.0 Å². The highest BCUT2D eigenvalue weighted by molar-refractivity contribution is 7.88. The maximum atomic E-state index is 12.3. The average molecular weight is 310 g/mol. The highest BCUT2D eigenvalue weighted by atomic mass is 32.2. The summed E-state index contributed by atoms with van der Waals surface area (Å²) in [4.78, 5) is 0. The Bertz CT molecular complexity index is 518. The fourth-order valence-corrected chi connectivity index (χ4v) is 4.32. The highest BCUT2D eigenvalue weighted by Gasteiger charge is 2.19. The van der Waals surface area contributed by atoms with E-state index in [0.717, 1.165) is 36.8 Å². The van der Waals surface area contributed by atoms with Gasteiger partial charge in [0.05, 0.1) is 5.75 Å². The summed E-state index contributed by atoms with van der Waals surface area (Å²) in [5.41, 5.74) is 7.38. The van der Waals surface area contributed by atoms with Gasteiger partial charge < -0.3 is 5.73 Å². The number of sulfonamides is 1. The van der Waals surface area contributed by atoms with E-state index in [-0.39, 0.29) is 11.8 Å². The van der Waals surface area contributed by atoms with Crippen LogP contribution in [0.25, 0.3) is 0 Å². The molecule has 1 aromatic rings. The van der Waals surface area contributed by atoms with E-state index in [1.54, 1.807) is 0 Å². The van der Waals surface area contributed by atoms with Crippen molar-refractivity contribution in [3.63, 3.8) is 0 Å². The smallest absolute Gasteiger partial charge is 0.216 e. The zero-order chi connectivity index (χ0) is 15.1. The molecule has 2 rings (SSSR count). The van der Waals surface area contributed by atoms with Crippen molar-refractivity contribution in [3.8, 4) is 0 Å². The van der Waals surface area contributed by atoms with Gasteiger partial charge in [-0.3, -0.25) is 0 Å². The summed E-state index contributed by atoms with van der Waals surface area (Å²) in [6.07, 6.45) is 7.90. The molecule has 0 atom stereocenters. The van der Waals surface area contributed by atoms with Gasteiger partial charge in [0.15, 0.2) is 0 Å². The van der Waals surface area contributed by atoms with Gasteiger partial charge in [-0.05, 0) is 24.0 Å². The van der Waals surface area contributed by atoms with Gasteiger partial charge in [-0.15, -0.1) is 0 Å². The molecule has 0 amide bonds. The van der Waals surface area contributed by atoms with E-state index in [1.165, 1.54) is 19.3 Å². The Morgan fingerprint density at radius 2 is 1.48 bits per heavy atom. The van der Waals surface area contributed by atoms with E-state index in [0.29, 0.717) is 6.54 Å². The molecule has 0 radical (unpaired) electrons. The minimum atomic E-state index is -3.26. The topological polar surface area (TPSA) is 72.2 Å². The number of nitrogens with two attached hydrogens (primary N) is 1. The summed E-state index contributed by atoms with van der Waals surface area (Å²) in [5, 5.41) is 0. The first-order valence-electron chi connectivity index (χ1n) is 7.87. The summed E-state index contributed by atoms with van der Waals surface area (Å²) in [5.74, 6) is 0.0500. The van der Waals surface area contributed by atoms with Crippen molar-refractivity contribution in [1.29, 1.82) is 0 Å². The molecule has 0 saturated heterocycles. The predicted octanol–water partition coefficient (Wildman–Crippen LogP) is 2.68. The number of nitrogens with one attached hydrogen (secondary N) is 1. The predicted molar refractivity (Wildman–Crippen MR) is 86.2 cm³/mol. The van der Waals surface area contributed by atoms with Gasteiger partial charge in [-0.25, -0.2) is 13.1 Å². The van der Waals surface area contributed by atoms with Crippen LogP contribution in [0.3, 0.4) is 0 Å². The van der Waals surface area contributed by atoms with Crippen LogP contribution in [0, 0.1) is 0 Å². The minimum Gasteiger partial charge on any atom is -0.326 e. The molecule has 5 heteroatoms. The highest BCUT2D eigenvalue weighted by Crippen LogP contribution is 2.18. The van der Waals surface area contributed by atoms with Gasteiger partial charge in [0.1, 0.15) is 0 Å². The molecule has 21 heavy (non-hydrogen) atoms. The second kappa shape index (κ2) is 7.92. The first-order valence-corrected chi connectivity index (χ1v) is 9.52.